The van der Waals surface area contributed by atoms with Crippen molar-refractivity contribution in [3.63, 3.8) is 0 Å². The first-order valence-electron chi connectivity index (χ1n) is 8.99. The fourth-order valence-corrected chi connectivity index (χ4v) is 4.32. The number of esters is 1. The van der Waals surface area contributed by atoms with E-state index in [0.29, 0.717) is 11.1 Å². The number of nitrogens with one attached hydrogen (secondary N) is 1. The molecule has 1 heterocycles. The summed E-state index contributed by atoms with van der Waals surface area (Å²) >= 11 is 0. The van der Waals surface area contributed by atoms with Crippen molar-refractivity contribution in [2.45, 2.75) is 25.3 Å². The molecule has 0 amide bonds. The summed E-state index contributed by atoms with van der Waals surface area (Å²) in [6.07, 6.45) is 5.15. The van der Waals surface area contributed by atoms with E-state index in [1.807, 2.05) is 25.1 Å². The van der Waals surface area contributed by atoms with Crippen molar-refractivity contribution in [3.8, 4) is 0 Å². The topological polar surface area (TPSA) is 75.6 Å². The van der Waals surface area contributed by atoms with Gasteiger partial charge in [-0.1, -0.05) is 30.4 Å². The minimum absolute atomic E-state index is 0.0481. The summed E-state index contributed by atoms with van der Waals surface area (Å²) in [5.41, 5.74) is 4.78. The fraction of sp³-hybridized carbons (Fsp3) is 0.273. The number of carboxylic acid groups (broad SMARTS) is 1. The Morgan fingerprint density at radius 2 is 1.89 bits per heavy atom. The Bertz CT molecular complexity index is 946. The molecular formula is C22H21NO4. The number of benzene rings is 2. The molecule has 0 unspecified atom stereocenters. The van der Waals surface area contributed by atoms with E-state index in [1.54, 1.807) is 18.2 Å². The summed E-state index contributed by atoms with van der Waals surface area (Å²) in [6.45, 7) is 1.99. The molecule has 138 valence electrons. The van der Waals surface area contributed by atoms with Crippen LogP contribution in [0.4, 0.5) is 5.69 Å². The third-order valence-corrected chi connectivity index (χ3v) is 5.65. The molecule has 0 spiro atoms. The molecule has 2 aromatic rings. The molecule has 4 rings (SSSR count). The molecule has 5 nitrogen and oxygen atoms in total. The number of allylic oxidation sites excluding steroid dienone is 2. The van der Waals surface area contributed by atoms with Crippen LogP contribution in [0.15, 0.2) is 48.6 Å². The third kappa shape index (κ3) is 2.79. The number of carbonyl (C=O) groups is 2. The Balaban J connectivity index is 1.77. The van der Waals surface area contributed by atoms with E-state index in [1.165, 1.54) is 7.11 Å². The van der Waals surface area contributed by atoms with Crippen molar-refractivity contribution >= 4 is 17.6 Å². The van der Waals surface area contributed by atoms with Gasteiger partial charge in [-0.15, -0.1) is 0 Å². The molecule has 2 N–H and O–H groups in total. The van der Waals surface area contributed by atoms with E-state index in [4.69, 9.17) is 4.74 Å². The van der Waals surface area contributed by atoms with E-state index in [2.05, 4.69) is 17.5 Å². The number of hydrogen-bond acceptors (Lipinski definition) is 4. The molecule has 0 radical (unpaired) electrons. The molecule has 1 aliphatic carbocycles. The number of ether oxygens (including phenoxy) is 1. The Kier molecular flexibility index (Phi) is 4.22. The number of anilines is 1. The highest BCUT2D eigenvalue weighted by molar-refractivity contribution is 5.93. The molecular weight excluding hydrogens is 342 g/mol. The van der Waals surface area contributed by atoms with Crippen molar-refractivity contribution in [2.24, 2.45) is 5.92 Å². The highest BCUT2D eigenvalue weighted by atomic mass is 16.5. The minimum Gasteiger partial charge on any atom is -0.478 e. The maximum Gasteiger partial charge on any atom is 0.337 e. The van der Waals surface area contributed by atoms with Gasteiger partial charge < -0.3 is 15.2 Å². The van der Waals surface area contributed by atoms with Crippen molar-refractivity contribution in [3.05, 3.63) is 76.4 Å². The van der Waals surface area contributed by atoms with Crippen molar-refractivity contribution in [2.75, 3.05) is 12.4 Å². The Hall–Kier alpha value is -3.08. The van der Waals surface area contributed by atoms with Gasteiger partial charge in [0, 0.05) is 11.6 Å². The largest absolute Gasteiger partial charge is 0.478 e. The van der Waals surface area contributed by atoms with Gasteiger partial charge in [0.1, 0.15) is 0 Å². The summed E-state index contributed by atoms with van der Waals surface area (Å²) in [5.74, 6) is -0.947. The van der Waals surface area contributed by atoms with Crippen LogP contribution in [0.2, 0.25) is 0 Å². The smallest absolute Gasteiger partial charge is 0.337 e. The number of rotatable bonds is 3. The first kappa shape index (κ1) is 17.3. The molecule has 2 aliphatic rings. The number of hydrogen-bond donors (Lipinski definition) is 2. The van der Waals surface area contributed by atoms with Gasteiger partial charge in [-0.2, -0.15) is 0 Å². The first-order valence-corrected chi connectivity index (χ1v) is 8.99. The molecule has 0 fully saturated rings. The van der Waals surface area contributed by atoms with E-state index in [-0.39, 0.29) is 23.8 Å². The van der Waals surface area contributed by atoms with Crippen LogP contribution in [0, 0.1) is 12.8 Å². The van der Waals surface area contributed by atoms with E-state index < -0.39 is 5.97 Å². The lowest BCUT2D eigenvalue weighted by atomic mass is 9.74. The van der Waals surface area contributed by atoms with Gasteiger partial charge in [-0.3, -0.25) is 0 Å². The van der Waals surface area contributed by atoms with Crippen molar-refractivity contribution in [1.82, 2.24) is 0 Å². The number of methoxy groups -OCH3 is 1. The molecule has 27 heavy (non-hydrogen) atoms. The SMILES string of the molecule is COC(=O)c1ccc([C@@H]2Nc3c(C)ccc(C(=O)O)c3[C@H]3C=CC[C@@H]32)cc1. The number of aromatic carboxylic acids is 1. The standard InChI is InChI=1S/C22H21NO4/c1-12-6-11-17(21(24)25)18-15-4-3-5-16(15)20(23-19(12)18)13-7-9-14(10-8-13)22(26)27-2/h3-4,6-11,15-16,20,23H,5H2,1-2H3,(H,24,25)/t15-,16-,20-/m0/s1. The molecule has 1 aliphatic heterocycles. The van der Waals surface area contributed by atoms with Gasteiger partial charge in [0.25, 0.3) is 0 Å². The lowest BCUT2D eigenvalue weighted by molar-refractivity contribution is 0.0599. The number of aryl methyl sites for hydroxylation is 1. The number of fused-ring (bicyclic) bond motifs is 3. The second-order valence-corrected chi connectivity index (χ2v) is 7.11. The van der Waals surface area contributed by atoms with Gasteiger partial charge in [0.05, 0.1) is 24.3 Å². The highest BCUT2D eigenvalue weighted by Gasteiger charge is 2.40. The summed E-state index contributed by atoms with van der Waals surface area (Å²) in [6, 6.07) is 11.0. The third-order valence-electron chi connectivity index (χ3n) is 5.65. The minimum atomic E-state index is -0.895. The predicted molar refractivity (Wildman–Crippen MR) is 102 cm³/mol. The lowest BCUT2D eigenvalue weighted by Gasteiger charge is -2.39. The maximum atomic E-state index is 11.8. The molecule has 5 heteroatoms. The maximum absolute atomic E-state index is 11.8. The van der Waals surface area contributed by atoms with Crippen LogP contribution < -0.4 is 5.32 Å². The predicted octanol–water partition coefficient (Wildman–Crippen LogP) is 4.31. The zero-order valence-corrected chi connectivity index (χ0v) is 15.2. The Labute approximate surface area is 157 Å². The quantitative estimate of drug-likeness (QED) is 0.628. The van der Waals surface area contributed by atoms with Gasteiger partial charge in [-0.25, -0.2) is 9.59 Å². The Morgan fingerprint density at radius 3 is 2.56 bits per heavy atom. The van der Waals surface area contributed by atoms with E-state index in [0.717, 1.165) is 28.8 Å². The van der Waals surface area contributed by atoms with Crippen LogP contribution in [0.1, 0.15) is 55.8 Å². The summed E-state index contributed by atoms with van der Waals surface area (Å²) in [5, 5.41) is 13.2. The van der Waals surface area contributed by atoms with Gasteiger partial charge in [0.15, 0.2) is 0 Å². The monoisotopic (exact) mass is 363 g/mol. The summed E-state index contributed by atoms with van der Waals surface area (Å²) < 4.78 is 4.77. The fourth-order valence-electron chi connectivity index (χ4n) is 4.32. The summed E-state index contributed by atoms with van der Waals surface area (Å²) in [7, 11) is 1.37. The van der Waals surface area contributed by atoms with Crippen LogP contribution in [0.5, 0.6) is 0 Å². The van der Waals surface area contributed by atoms with Gasteiger partial charge in [0.2, 0.25) is 0 Å². The molecule has 0 aromatic heterocycles. The second-order valence-electron chi connectivity index (χ2n) is 7.11. The number of carbonyl (C=O) groups excluding carboxylic acids is 1. The van der Waals surface area contributed by atoms with Crippen LogP contribution in [-0.4, -0.2) is 24.2 Å². The first-order chi connectivity index (χ1) is 13.0. The molecule has 0 saturated heterocycles. The van der Waals surface area contributed by atoms with Crippen LogP contribution >= 0.6 is 0 Å². The number of carboxylic acids is 1. The summed E-state index contributed by atoms with van der Waals surface area (Å²) in [4.78, 5) is 23.4. The average molecular weight is 363 g/mol. The van der Waals surface area contributed by atoms with Crippen molar-refractivity contribution in [1.29, 1.82) is 0 Å². The van der Waals surface area contributed by atoms with Crippen molar-refractivity contribution < 1.29 is 19.4 Å². The van der Waals surface area contributed by atoms with Gasteiger partial charge in [-0.05, 0) is 54.2 Å². The van der Waals surface area contributed by atoms with Crippen LogP contribution in [0.3, 0.4) is 0 Å². The highest BCUT2D eigenvalue weighted by Crippen LogP contribution is 2.51. The average Bonchev–Trinajstić information content (AvgIpc) is 3.17. The zero-order chi connectivity index (χ0) is 19.1. The molecule has 2 aromatic carbocycles. The van der Waals surface area contributed by atoms with E-state index >= 15 is 0 Å². The van der Waals surface area contributed by atoms with Crippen LogP contribution in [0.25, 0.3) is 0 Å². The van der Waals surface area contributed by atoms with Gasteiger partial charge >= 0.3 is 11.9 Å². The molecule has 3 atom stereocenters. The lowest BCUT2D eigenvalue weighted by Crippen LogP contribution is -2.31. The normalized spacial score (nSPS) is 22.5. The Morgan fingerprint density at radius 1 is 1.15 bits per heavy atom. The molecule has 0 bridgehead atoms. The zero-order valence-electron chi connectivity index (χ0n) is 15.2. The molecule has 0 saturated carbocycles. The van der Waals surface area contributed by atoms with E-state index in [9.17, 15) is 14.7 Å². The van der Waals surface area contributed by atoms with Crippen LogP contribution in [-0.2, 0) is 4.74 Å². The second kappa shape index (κ2) is 6.58.